The van der Waals surface area contributed by atoms with Crippen LogP contribution in [-0.2, 0) is 17.9 Å². The first-order valence-electron chi connectivity index (χ1n) is 5.73. The van der Waals surface area contributed by atoms with Crippen molar-refractivity contribution in [3.05, 3.63) is 71.8 Å². The summed E-state index contributed by atoms with van der Waals surface area (Å²) in [7, 11) is 0. The topological polar surface area (TPSA) is 49.3 Å². The summed E-state index contributed by atoms with van der Waals surface area (Å²) >= 11 is 0. The van der Waals surface area contributed by atoms with Crippen LogP contribution in [0, 0.1) is 0 Å². The molecule has 0 aromatic heterocycles. The minimum absolute atomic E-state index is 0.250. The zero-order chi connectivity index (χ0) is 13.1. The smallest absolute Gasteiger partial charge is 0.290 e. The van der Waals surface area contributed by atoms with Crippen LogP contribution in [0.4, 0.5) is 0 Å². The molecule has 0 bridgehead atoms. The summed E-state index contributed by atoms with van der Waals surface area (Å²) < 4.78 is 0. The molecule has 94 valence electrons. The van der Waals surface area contributed by atoms with Gasteiger partial charge in [0.1, 0.15) is 0 Å². The lowest BCUT2D eigenvalue weighted by Gasteiger charge is -2.04. The maximum Gasteiger partial charge on any atom is 0.290 e. The van der Waals surface area contributed by atoms with E-state index in [2.05, 4.69) is 53.8 Å². The van der Waals surface area contributed by atoms with Gasteiger partial charge in [0.05, 0.1) is 0 Å². The van der Waals surface area contributed by atoms with Gasteiger partial charge < -0.3 is 10.4 Å². The van der Waals surface area contributed by atoms with Gasteiger partial charge in [0.2, 0.25) is 0 Å². The number of nitrogens with one attached hydrogen (secondary N) is 1. The molecule has 2 N–H and O–H groups in total. The van der Waals surface area contributed by atoms with E-state index >= 15 is 0 Å². The minimum Gasteiger partial charge on any atom is -0.483 e. The highest BCUT2D eigenvalue weighted by molar-refractivity contribution is 5.32. The molecule has 0 atom stereocenters. The van der Waals surface area contributed by atoms with Crippen LogP contribution in [0.15, 0.2) is 60.7 Å². The summed E-state index contributed by atoms with van der Waals surface area (Å²) in [6.07, 6.45) is 0. The molecule has 0 radical (unpaired) electrons. The third-order valence-corrected chi connectivity index (χ3v) is 2.34. The van der Waals surface area contributed by atoms with Crippen LogP contribution in [0.3, 0.4) is 0 Å². The zero-order valence-corrected chi connectivity index (χ0v) is 10.1. The van der Waals surface area contributed by atoms with Crippen molar-refractivity contribution in [2.45, 2.75) is 13.1 Å². The van der Waals surface area contributed by atoms with Gasteiger partial charge in [-0.25, -0.2) is 0 Å². The molecule has 0 unspecified atom stereocenters. The van der Waals surface area contributed by atoms with Gasteiger partial charge in [0.15, 0.2) is 0 Å². The Morgan fingerprint density at radius 1 is 0.833 bits per heavy atom. The highest BCUT2D eigenvalue weighted by atomic mass is 16.3. The Morgan fingerprint density at radius 2 is 1.17 bits per heavy atom. The summed E-state index contributed by atoms with van der Waals surface area (Å²) in [6.45, 7) is 1.60. The predicted octanol–water partition coefficient (Wildman–Crippen LogP) is 2.68. The summed E-state index contributed by atoms with van der Waals surface area (Å²) in [6, 6.07) is 20.9. The molecule has 2 rings (SSSR count). The van der Waals surface area contributed by atoms with Crippen molar-refractivity contribution in [2.75, 3.05) is 0 Å². The van der Waals surface area contributed by atoms with Crippen molar-refractivity contribution in [2.24, 2.45) is 0 Å². The lowest BCUT2D eigenvalue weighted by Crippen LogP contribution is -2.12. The number of hydrogen-bond acceptors (Lipinski definition) is 2. The SMILES string of the molecule is O=CO.c1ccc(CNCc2ccccc2)cc1. The molecule has 2 aromatic rings. The molecule has 3 nitrogen and oxygen atoms in total. The number of carbonyl (C=O) groups is 1. The average Bonchev–Trinajstić information content (AvgIpc) is 2.42. The van der Waals surface area contributed by atoms with Crippen molar-refractivity contribution in [1.29, 1.82) is 0 Å². The second-order valence-corrected chi connectivity index (χ2v) is 3.68. The lowest BCUT2D eigenvalue weighted by molar-refractivity contribution is -0.122. The van der Waals surface area contributed by atoms with Gasteiger partial charge in [-0.3, -0.25) is 4.79 Å². The third-order valence-electron chi connectivity index (χ3n) is 2.34. The fourth-order valence-electron chi connectivity index (χ4n) is 1.54. The second-order valence-electron chi connectivity index (χ2n) is 3.68. The highest BCUT2D eigenvalue weighted by Gasteiger charge is 1.92. The third kappa shape index (κ3) is 5.82. The van der Waals surface area contributed by atoms with Crippen LogP contribution < -0.4 is 5.32 Å². The van der Waals surface area contributed by atoms with Crippen LogP contribution in [0.25, 0.3) is 0 Å². The molecule has 0 heterocycles. The molecule has 0 aliphatic carbocycles. The first kappa shape index (κ1) is 13.9. The highest BCUT2D eigenvalue weighted by Crippen LogP contribution is 2.00. The number of benzene rings is 2. The number of hydrogen-bond donors (Lipinski definition) is 2. The molecule has 0 spiro atoms. The van der Waals surface area contributed by atoms with Gasteiger partial charge >= 0.3 is 0 Å². The van der Waals surface area contributed by atoms with Gasteiger partial charge in [0, 0.05) is 13.1 Å². The van der Waals surface area contributed by atoms with Gasteiger partial charge in [-0.1, -0.05) is 60.7 Å². The van der Waals surface area contributed by atoms with E-state index in [9.17, 15) is 0 Å². The van der Waals surface area contributed by atoms with E-state index in [1.807, 2.05) is 12.1 Å². The molecule has 0 saturated heterocycles. The molecule has 3 heteroatoms. The summed E-state index contributed by atoms with van der Waals surface area (Å²) in [4.78, 5) is 8.36. The Balaban J connectivity index is 0.000000492. The second kappa shape index (κ2) is 8.96. The van der Waals surface area contributed by atoms with E-state index in [0.717, 1.165) is 13.1 Å². The van der Waals surface area contributed by atoms with E-state index in [4.69, 9.17) is 9.90 Å². The maximum atomic E-state index is 8.36. The van der Waals surface area contributed by atoms with E-state index in [0.29, 0.717) is 0 Å². The zero-order valence-electron chi connectivity index (χ0n) is 10.1. The van der Waals surface area contributed by atoms with Gasteiger partial charge in [-0.15, -0.1) is 0 Å². The van der Waals surface area contributed by atoms with E-state index in [1.165, 1.54) is 11.1 Å². The van der Waals surface area contributed by atoms with Crippen molar-refractivity contribution in [3.63, 3.8) is 0 Å². The first-order chi connectivity index (χ1) is 8.86. The van der Waals surface area contributed by atoms with Crippen molar-refractivity contribution in [1.82, 2.24) is 5.32 Å². The summed E-state index contributed by atoms with van der Waals surface area (Å²) in [5.74, 6) is 0. The minimum atomic E-state index is -0.250. The Kier molecular flexibility index (Phi) is 6.93. The average molecular weight is 243 g/mol. The maximum absolute atomic E-state index is 8.36. The normalized spacial score (nSPS) is 9.11. The summed E-state index contributed by atoms with van der Waals surface area (Å²) in [5, 5.41) is 10.3. The molecule has 0 aliphatic rings. The Morgan fingerprint density at radius 3 is 1.50 bits per heavy atom. The molecular formula is C15H17NO2. The number of carboxylic acid groups (broad SMARTS) is 1. The van der Waals surface area contributed by atoms with E-state index < -0.39 is 0 Å². The van der Waals surface area contributed by atoms with Crippen LogP contribution in [-0.4, -0.2) is 11.6 Å². The van der Waals surface area contributed by atoms with Gasteiger partial charge in [-0.05, 0) is 11.1 Å². The molecule has 0 aliphatic heterocycles. The molecule has 0 saturated carbocycles. The van der Waals surface area contributed by atoms with Crippen LogP contribution in [0.1, 0.15) is 11.1 Å². The van der Waals surface area contributed by atoms with Gasteiger partial charge in [-0.2, -0.15) is 0 Å². The first-order valence-corrected chi connectivity index (χ1v) is 5.73. The Bertz CT molecular complexity index is 389. The molecular weight excluding hydrogens is 226 g/mol. The fraction of sp³-hybridized carbons (Fsp3) is 0.133. The van der Waals surface area contributed by atoms with Crippen molar-refractivity contribution < 1.29 is 9.90 Å². The quantitative estimate of drug-likeness (QED) is 0.812. The lowest BCUT2D eigenvalue weighted by atomic mass is 10.2. The summed E-state index contributed by atoms with van der Waals surface area (Å²) in [5.41, 5.74) is 2.65. The van der Waals surface area contributed by atoms with Crippen LogP contribution in [0.5, 0.6) is 0 Å². The van der Waals surface area contributed by atoms with Gasteiger partial charge in [0.25, 0.3) is 6.47 Å². The monoisotopic (exact) mass is 243 g/mol. The standard InChI is InChI=1S/C14H15N.CH2O2/c1-3-7-13(8-4-1)11-15-12-14-9-5-2-6-10-14;2-1-3/h1-10,15H,11-12H2;1H,(H,2,3). The van der Waals surface area contributed by atoms with E-state index in [1.54, 1.807) is 0 Å². The van der Waals surface area contributed by atoms with Crippen molar-refractivity contribution >= 4 is 6.47 Å². The molecule has 2 aromatic carbocycles. The Hall–Kier alpha value is -2.13. The molecule has 18 heavy (non-hydrogen) atoms. The Labute approximate surface area is 107 Å². The van der Waals surface area contributed by atoms with Crippen LogP contribution >= 0.6 is 0 Å². The predicted molar refractivity (Wildman–Crippen MR) is 72.1 cm³/mol. The fourth-order valence-corrected chi connectivity index (χ4v) is 1.54. The molecule has 0 amide bonds. The molecule has 0 fully saturated rings. The van der Waals surface area contributed by atoms with Crippen LogP contribution in [0.2, 0.25) is 0 Å². The van der Waals surface area contributed by atoms with Crippen molar-refractivity contribution in [3.8, 4) is 0 Å². The largest absolute Gasteiger partial charge is 0.483 e. The van der Waals surface area contributed by atoms with E-state index in [-0.39, 0.29) is 6.47 Å². The number of rotatable bonds is 4.